The van der Waals surface area contributed by atoms with Crippen molar-refractivity contribution in [3.8, 4) is 0 Å². The van der Waals surface area contributed by atoms with Gasteiger partial charge in [0.15, 0.2) is 0 Å². The Morgan fingerprint density at radius 3 is 2.14 bits per heavy atom. The summed E-state index contributed by atoms with van der Waals surface area (Å²) in [4.78, 5) is 23.9. The Hall–Kier alpha value is -1.27. The van der Waals surface area contributed by atoms with E-state index in [9.17, 15) is 22.8 Å². The molecular weight excluding hydrogens is 297 g/mol. The summed E-state index contributed by atoms with van der Waals surface area (Å²) < 4.78 is 37.0. The fourth-order valence-corrected chi connectivity index (χ4v) is 3.35. The number of nitrogens with zero attached hydrogens (tertiary/aromatic N) is 1. The molecular formula is C15H23F3N2O2. The first kappa shape index (κ1) is 17.1. The van der Waals surface area contributed by atoms with Crippen LogP contribution >= 0.6 is 0 Å². The lowest BCUT2D eigenvalue weighted by atomic mass is 9.86. The molecule has 1 saturated heterocycles. The molecule has 0 aromatic heterocycles. The number of nitrogens with one attached hydrogen (secondary N) is 1. The van der Waals surface area contributed by atoms with Gasteiger partial charge in [0.05, 0.1) is 0 Å². The van der Waals surface area contributed by atoms with Gasteiger partial charge in [-0.05, 0) is 31.6 Å². The number of amides is 2. The number of alkyl halides is 3. The Morgan fingerprint density at radius 2 is 1.59 bits per heavy atom. The maximum Gasteiger partial charge on any atom is 0.471 e. The standard InChI is InChI=1S/C15H23F3N2O2/c16-15(17,18)14(22)20-8-6-12(7-9-20)19-13(21)10-11-4-2-1-3-5-11/h11-12H,1-10H2,(H,19,21). The largest absolute Gasteiger partial charge is 0.471 e. The fraction of sp³-hybridized carbons (Fsp3) is 0.867. The first-order valence-corrected chi connectivity index (χ1v) is 8.01. The van der Waals surface area contributed by atoms with Gasteiger partial charge >= 0.3 is 12.1 Å². The summed E-state index contributed by atoms with van der Waals surface area (Å²) in [6.45, 7) is 0.0967. The first-order chi connectivity index (χ1) is 10.4. The van der Waals surface area contributed by atoms with Crippen molar-refractivity contribution >= 4 is 11.8 Å². The Bertz CT molecular complexity index is 398. The van der Waals surface area contributed by atoms with Gasteiger partial charge in [-0.25, -0.2) is 0 Å². The molecule has 1 N–H and O–H groups in total. The number of hydrogen-bond donors (Lipinski definition) is 1. The summed E-state index contributed by atoms with van der Waals surface area (Å²) >= 11 is 0. The molecule has 22 heavy (non-hydrogen) atoms. The normalized spacial score (nSPS) is 21.7. The van der Waals surface area contributed by atoms with Gasteiger partial charge in [-0.3, -0.25) is 9.59 Å². The van der Waals surface area contributed by atoms with Crippen LogP contribution in [0.2, 0.25) is 0 Å². The van der Waals surface area contributed by atoms with Gasteiger partial charge in [-0.15, -0.1) is 0 Å². The van der Waals surface area contributed by atoms with Crippen LogP contribution in [0.4, 0.5) is 13.2 Å². The van der Waals surface area contributed by atoms with Crippen LogP contribution in [0.25, 0.3) is 0 Å². The van der Waals surface area contributed by atoms with E-state index in [0.717, 1.165) is 17.7 Å². The molecule has 0 bridgehead atoms. The average molecular weight is 320 g/mol. The highest BCUT2D eigenvalue weighted by Gasteiger charge is 2.43. The number of hydrogen-bond acceptors (Lipinski definition) is 2. The van der Waals surface area contributed by atoms with Crippen LogP contribution in [0.5, 0.6) is 0 Å². The molecule has 126 valence electrons. The number of rotatable bonds is 3. The van der Waals surface area contributed by atoms with Crippen molar-refractivity contribution in [1.82, 2.24) is 10.2 Å². The minimum atomic E-state index is -4.81. The molecule has 2 rings (SSSR count). The molecule has 0 spiro atoms. The summed E-state index contributed by atoms with van der Waals surface area (Å²) in [5.74, 6) is -1.34. The smallest absolute Gasteiger partial charge is 0.353 e. The first-order valence-electron chi connectivity index (χ1n) is 8.01. The molecule has 2 aliphatic rings. The molecule has 1 aliphatic heterocycles. The Morgan fingerprint density at radius 1 is 1.00 bits per heavy atom. The van der Waals surface area contributed by atoms with Crippen molar-refractivity contribution in [2.45, 2.75) is 63.6 Å². The minimum Gasteiger partial charge on any atom is -0.353 e. The molecule has 0 aromatic carbocycles. The minimum absolute atomic E-state index is 0.00695. The second kappa shape index (κ2) is 7.33. The highest BCUT2D eigenvalue weighted by molar-refractivity contribution is 5.82. The predicted molar refractivity (Wildman–Crippen MR) is 75.0 cm³/mol. The van der Waals surface area contributed by atoms with E-state index in [-0.39, 0.29) is 25.0 Å². The fourth-order valence-electron chi connectivity index (χ4n) is 3.35. The molecule has 0 radical (unpaired) electrons. The third-order valence-electron chi connectivity index (χ3n) is 4.59. The van der Waals surface area contributed by atoms with Gasteiger partial charge in [-0.1, -0.05) is 19.3 Å². The van der Waals surface area contributed by atoms with Crippen LogP contribution < -0.4 is 5.32 Å². The molecule has 2 fully saturated rings. The third-order valence-corrected chi connectivity index (χ3v) is 4.59. The quantitative estimate of drug-likeness (QED) is 0.869. The maximum absolute atomic E-state index is 12.3. The van der Waals surface area contributed by atoms with Gasteiger partial charge in [0, 0.05) is 25.6 Å². The predicted octanol–water partition coefficient (Wildman–Crippen LogP) is 2.63. The van der Waals surface area contributed by atoms with Crippen molar-refractivity contribution in [2.24, 2.45) is 5.92 Å². The SMILES string of the molecule is O=C(CC1CCCCC1)NC1CCN(C(=O)C(F)(F)F)CC1. The van der Waals surface area contributed by atoms with E-state index in [0.29, 0.717) is 25.2 Å². The highest BCUT2D eigenvalue weighted by atomic mass is 19.4. The maximum atomic E-state index is 12.3. The van der Waals surface area contributed by atoms with Crippen LogP contribution in [-0.2, 0) is 9.59 Å². The topological polar surface area (TPSA) is 49.4 Å². The summed E-state index contributed by atoms with van der Waals surface area (Å²) in [5, 5.41) is 2.91. The zero-order chi connectivity index (χ0) is 16.2. The van der Waals surface area contributed by atoms with Crippen molar-refractivity contribution in [3.63, 3.8) is 0 Å². The second-order valence-electron chi connectivity index (χ2n) is 6.34. The Kier molecular flexibility index (Phi) is 5.69. The van der Waals surface area contributed by atoms with Gasteiger partial charge in [0.25, 0.3) is 0 Å². The van der Waals surface area contributed by atoms with Crippen LogP contribution in [0.3, 0.4) is 0 Å². The summed E-state index contributed by atoms with van der Waals surface area (Å²) in [6.07, 6.45) is 2.25. The van der Waals surface area contributed by atoms with Crippen LogP contribution in [-0.4, -0.2) is 42.0 Å². The van der Waals surface area contributed by atoms with Crippen molar-refractivity contribution < 1.29 is 22.8 Å². The van der Waals surface area contributed by atoms with Gasteiger partial charge in [-0.2, -0.15) is 13.2 Å². The lowest BCUT2D eigenvalue weighted by Crippen LogP contribution is -2.50. The van der Waals surface area contributed by atoms with Crippen molar-refractivity contribution in [1.29, 1.82) is 0 Å². The molecule has 4 nitrogen and oxygen atoms in total. The molecule has 1 saturated carbocycles. The lowest BCUT2D eigenvalue weighted by Gasteiger charge is -2.33. The summed E-state index contributed by atoms with van der Waals surface area (Å²) in [7, 11) is 0. The Labute approximate surface area is 128 Å². The Balaban J connectivity index is 1.70. The zero-order valence-corrected chi connectivity index (χ0v) is 12.6. The van der Waals surface area contributed by atoms with Gasteiger partial charge in [0.2, 0.25) is 5.91 Å². The summed E-state index contributed by atoms with van der Waals surface area (Å²) in [5.41, 5.74) is 0. The molecule has 1 heterocycles. The van der Waals surface area contributed by atoms with E-state index in [2.05, 4.69) is 5.32 Å². The molecule has 7 heteroatoms. The van der Waals surface area contributed by atoms with Crippen LogP contribution in [0.15, 0.2) is 0 Å². The summed E-state index contributed by atoms with van der Waals surface area (Å²) in [6, 6.07) is -0.117. The van der Waals surface area contributed by atoms with E-state index in [4.69, 9.17) is 0 Å². The van der Waals surface area contributed by atoms with E-state index in [1.807, 2.05) is 0 Å². The second-order valence-corrected chi connectivity index (χ2v) is 6.34. The highest BCUT2D eigenvalue weighted by Crippen LogP contribution is 2.26. The number of carbonyl (C=O) groups is 2. The van der Waals surface area contributed by atoms with E-state index >= 15 is 0 Å². The molecule has 1 aliphatic carbocycles. The van der Waals surface area contributed by atoms with Crippen molar-refractivity contribution in [3.05, 3.63) is 0 Å². The van der Waals surface area contributed by atoms with Gasteiger partial charge in [0.1, 0.15) is 0 Å². The number of piperidine rings is 1. The van der Waals surface area contributed by atoms with Gasteiger partial charge < -0.3 is 10.2 Å². The number of carbonyl (C=O) groups excluding carboxylic acids is 2. The van der Waals surface area contributed by atoms with Crippen LogP contribution in [0, 0.1) is 5.92 Å². The molecule has 0 atom stereocenters. The van der Waals surface area contributed by atoms with E-state index in [1.54, 1.807) is 0 Å². The van der Waals surface area contributed by atoms with Crippen LogP contribution in [0.1, 0.15) is 51.4 Å². The number of halogens is 3. The number of likely N-dealkylation sites (tertiary alicyclic amines) is 1. The van der Waals surface area contributed by atoms with E-state index in [1.165, 1.54) is 19.3 Å². The molecule has 0 aromatic rings. The van der Waals surface area contributed by atoms with E-state index < -0.39 is 12.1 Å². The lowest BCUT2D eigenvalue weighted by molar-refractivity contribution is -0.186. The molecule has 0 unspecified atom stereocenters. The molecule has 2 amide bonds. The average Bonchev–Trinajstić information content (AvgIpc) is 2.47. The third kappa shape index (κ3) is 4.88. The van der Waals surface area contributed by atoms with Crippen molar-refractivity contribution in [2.75, 3.05) is 13.1 Å². The monoisotopic (exact) mass is 320 g/mol. The zero-order valence-electron chi connectivity index (χ0n) is 12.6.